The predicted octanol–water partition coefficient (Wildman–Crippen LogP) is 3.69. The second-order valence-electron chi connectivity index (χ2n) is 7.59. The lowest BCUT2D eigenvalue weighted by molar-refractivity contribution is -0.809. The molecule has 1 rings (SSSR count). The number of quaternary nitrogens is 1. The number of hydrogen-bond donors (Lipinski definition) is 0. The van der Waals surface area contributed by atoms with Gasteiger partial charge >= 0.3 is 0 Å². The number of amidine groups is 1. The van der Waals surface area contributed by atoms with Crippen LogP contribution in [0.3, 0.4) is 0 Å². The molecule has 0 N–H and O–H groups in total. The number of carboxylic acid groups (broad SMARTS) is 1. The molecule has 0 aliphatic carbocycles. The topological polar surface area (TPSA) is 52.5 Å². The zero-order valence-corrected chi connectivity index (χ0v) is 16.0. The van der Waals surface area contributed by atoms with Crippen molar-refractivity contribution in [2.75, 3.05) is 26.7 Å². The number of carbonyl (C=O) groups excluding carboxylic acids is 1. The third-order valence-electron chi connectivity index (χ3n) is 5.24. The Balaban J connectivity index is 1.96. The molecule has 0 spiro atoms. The fraction of sp³-hybridized carbons (Fsp3) is 0.900. The Hall–Kier alpha value is -0.900. The van der Waals surface area contributed by atoms with Gasteiger partial charge < -0.3 is 9.90 Å². The molecule has 4 heteroatoms. The van der Waals surface area contributed by atoms with Crippen molar-refractivity contribution in [1.29, 1.82) is 0 Å². The van der Waals surface area contributed by atoms with Crippen LogP contribution in [0, 0.1) is 0 Å². The van der Waals surface area contributed by atoms with Gasteiger partial charge in [0, 0.05) is 6.42 Å². The number of aliphatic imine (C=N–C) groups is 1. The molecule has 0 saturated heterocycles. The van der Waals surface area contributed by atoms with Gasteiger partial charge in [-0.15, -0.1) is 0 Å². The van der Waals surface area contributed by atoms with Crippen LogP contribution < -0.4 is 5.11 Å². The molecule has 0 saturated carbocycles. The molecule has 0 amide bonds. The first-order valence-electron chi connectivity index (χ1n) is 10.2. The first kappa shape index (κ1) is 21.1. The van der Waals surface area contributed by atoms with Crippen LogP contribution in [0.25, 0.3) is 0 Å². The largest absolute Gasteiger partial charge is 0.544 e. The average molecular weight is 339 g/mol. The summed E-state index contributed by atoms with van der Waals surface area (Å²) in [5, 5.41) is 10.9. The Kier molecular flexibility index (Phi) is 11.0. The first-order chi connectivity index (χ1) is 11.6. The Bertz CT molecular complexity index is 382. The molecule has 140 valence electrons. The van der Waals surface area contributed by atoms with Crippen LogP contribution in [0.2, 0.25) is 0 Å². The third kappa shape index (κ3) is 8.81. The molecule has 24 heavy (non-hydrogen) atoms. The maximum atomic E-state index is 10.9. The molecular weight excluding hydrogens is 300 g/mol. The van der Waals surface area contributed by atoms with E-state index in [1.165, 1.54) is 70.6 Å². The molecule has 0 fully saturated rings. The van der Waals surface area contributed by atoms with E-state index < -0.39 is 5.97 Å². The summed E-state index contributed by atoms with van der Waals surface area (Å²) in [4.78, 5) is 15.4. The SMILES string of the molecule is CCCCCCCCCCCCCCC1=NCC[N+]1(C)CC(=O)[O-]. The van der Waals surface area contributed by atoms with Crippen molar-refractivity contribution in [1.82, 2.24) is 0 Å². The lowest BCUT2D eigenvalue weighted by atomic mass is 10.0. The fourth-order valence-corrected chi connectivity index (χ4v) is 3.63. The van der Waals surface area contributed by atoms with Crippen LogP contribution in [-0.2, 0) is 4.79 Å². The van der Waals surface area contributed by atoms with Crippen LogP contribution in [0.4, 0.5) is 0 Å². The molecule has 4 nitrogen and oxygen atoms in total. The normalized spacial score (nSPS) is 20.3. The van der Waals surface area contributed by atoms with Crippen molar-refractivity contribution in [2.24, 2.45) is 4.99 Å². The number of carboxylic acids is 1. The minimum Gasteiger partial charge on any atom is -0.544 e. The number of carbonyl (C=O) groups is 1. The first-order valence-corrected chi connectivity index (χ1v) is 10.2. The van der Waals surface area contributed by atoms with E-state index in [0.717, 1.165) is 31.8 Å². The molecule has 1 heterocycles. The molecule has 1 aliphatic rings. The highest BCUT2D eigenvalue weighted by Gasteiger charge is 2.33. The third-order valence-corrected chi connectivity index (χ3v) is 5.24. The van der Waals surface area contributed by atoms with Gasteiger partial charge in [0.2, 0.25) is 0 Å². The maximum Gasteiger partial charge on any atom is 0.198 e. The van der Waals surface area contributed by atoms with E-state index in [-0.39, 0.29) is 6.54 Å². The van der Waals surface area contributed by atoms with Crippen molar-refractivity contribution in [3.8, 4) is 0 Å². The zero-order chi connectivity index (χ0) is 17.7. The van der Waals surface area contributed by atoms with Gasteiger partial charge in [-0.1, -0.05) is 77.6 Å². The van der Waals surface area contributed by atoms with Crippen molar-refractivity contribution in [3.05, 3.63) is 0 Å². The summed E-state index contributed by atoms with van der Waals surface area (Å²) in [6, 6.07) is 0. The van der Waals surface area contributed by atoms with Crippen molar-refractivity contribution >= 4 is 11.8 Å². The number of likely N-dealkylation sites (N-methyl/N-ethyl adjacent to an activating group) is 1. The molecule has 0 aromatic carbocycles. The Morgan fingerprint density at radius 1 is 0.958 bits per heavy atom. The average Bonchev–Trinajstić information content (AvgIpc) is 2.88. The van der Waals surface area contributed by atoms with E-state index in [1.807, 2.05) is 7.05 Å². The number of aliphatic carboxylic acids is 1. The monoisotopic (exact) mass is 338 g/mol. The standard InChI is InChI=1S/C20H38N2O2/c1-3-4-5-6-7-8-9-10-11-12-13-14-15-19-21-16-17-22(19,2)18-20(23)24/h3-18H2,1-2H3. The van der Waals surface area contributed by atoms with E-state index >= 15 is 0 Å². The summed E-state index contributed by atoms with van der Waals surface area (Å²) >= 11 is 0. The summed E-state index contributed by atoms with van der Waals surface area (Å²) in [7, 11) is 1.97. The van der Waals surface area contributed by atoms with Gasteiger partial charge in [0.05, 0.1) is 19.6 Å². The Labute approximate surface area is 148 Å². The number of unbranched alkanes of at least 4 members (excludes halogenated alkanes) is 11. The summed E-state index contributed by atoms with van der Waals surface area (Å²) in [6.07, 6.45) is 17.1. The summed E-state index contributed by atoms with van der Waals surface area (Å²) in [6.45, 7) is 3.90. The fourth-order valence-electron chi connectivity index (χ4n) is 3.63. The van der Waals surface area contributed by atoms with Gasteiger partial charge in [0.25, 0.3) is 0 Å². The predicted molar refractivity (Wildman–Crippen MR) is 98.9 cm³/mol. The number of nitrogens with zero attached hydrogens (tertiary/aromatic N) is 2. The van der Waals surface area contributed by atoms with Crippen molar-refractivity contribution in [3.63, 3.8) is 0 Å². The Morgan fingerprint density at radius 3 is 1.96 bits per heavy atom. The van der Waals surface area contributed by atoms with Crippen LogP contribution in [0.1, 0.15) is 90.4 Å². The molecule has 0 radical (unpaired) electrons. The van der Waals surface area contributed by atoms with Gasteiger partial charge in [-0.25, -0.2) is 4.99 Å². The number of hydrogen-bond acceptors (Lipinski definition) is 3. The molecule has 0 aromatic heterocycles. The van der Waals surface area contributed by atoms with Crippen LogP contribution in [-0.4, -0.2) is 43.0 Å². The van der Waals surface area contributed by atoms with E-state index in [4.69, 9.17) is 0 Å². The highest BCUT2D eigenvalue weighted by molar-refractivity contribution is 5.79. The summed E-state index contributed by atoms with van der Waals surface area (Å²) in [5.41, 5.74) is 0. The van der Waals surface area contributed by atoms with Crippen LogP contribution >= 0.6 is 0 Å². The lowest BCUT2D eigenvalue weighted by Crippen LogP contribution is -2.53. The van der Waals surface area contributed by atoms with E-state index in [1.54, 1.807) is 0 Å². The minimum atomic E-state index is -0.971. The molecule has 0 bridgehead atoms. The summed E-state index contributed by atoms with van der Waals surface area (Å²) < 4.78 is 0.459. The molecular formula is C20H38N2O2. The molecule has 1 unspecified atom stereocenters. The highest BCUT2D eigenvalue weighted by Crippen LogP contribution is 2.18. The molecule has 1 aliphatic heterocycles. The minimum absolute atomic E-state index is 0.0666. The van der Waals surface area contributed by atoms with Gasteiger partial charge in [0.1, 0.15) is 13.1 Å². The summed E-state index contributed by atoms with van der Waals surface area (Å²) in [5.74, 6) is 0.0908. The van der Waals surface area contributed by atoms with Gasteiger partial charge in [0.15, 0.2) is 5.84 Å². The van der Waals surface area contributed by atoms with Crippen LogP contribution in [0.5, 0.6) is 0 Å². The van der Waals surface area contributed by atoms with E-state index in [9.17, 15) is 9.90 Å². The van der Waals surface area contributed by atoms with Gasteiger partial charge in [-0.2, -0.15) is 0 Å². The Morgan fingerprint density at radius 2 is 1.46 bits per heavy atom. The van der Waals surface area contributed by atoms with Gasteiger partial charge in [-0.3, -0.25) is 4.48 Å². The second-order valence-corrected chi connectivity index (χ2v) is 7.59. The highest BCUT2D eigenvalue weighted by atomic mass is 16.4. The molecule has 0 aromatic rings. The molecule has 1 atom stereocenters. The van der Waals surface area contributed by atoms with E-state index in [0.29, 0.717) is 4.48 Å². The van der Waals surface area contributed by atoms with E-state index in [2.05, 4.69) is 11.9 Å². The lowest BCUT2D eigenvalue weighted by Gasteiger charge is -2.30. The number of rotatable bonds is 15. The van der Waals surface area contributed by atoms with Crippen molar-refractivity contribution < 1.29 is 14.4 Å². The van der Waals surface area contributed by atoms with Gasteiger partial charge in [-0.05, 0) is 6.42 Å². The smallest absolute Gasteiger partial charge is 0.198 e. The maximum absolute atomic E-state index is 10.9. The zero-order valence-electron chi connectivity index (χ0n) is 16.0. The van der Waals surface area contributed by atoms with Crippen molar-refractivity contribution in [2.45, 2.75) is 90.4 Å². The second kappa shape index (κ2) is 12.5. The van der Waals surface area contributed by atoms with Crippen LogP contribution in [0.15, 0.2) is 4.99 Å². The quantitative estimate of drug-likeness (QED) is 0.338.